The van der Waals surface area contributed by atoms with Crippen LogP contribution < -0.4 is 0 Å². The molecule has 0 atom stereocenters. The van der Waals surface area contributed by atoms with Crippen molar-refractivity contribution in [1.82, 2.24) is 0 Å². The maximum absolute atomic E-state index is 10.7. The number of thiol groups is 1. The van der Waals surface area contributed by atoms with Crippen LogP contribution in [0, 0.1) is 11.3 Å². The molecule has 3 nitrogen and oxygen atoms in total. The lowest BCUT2D eigenvalue weighted by Crippen LogP contribution is -2.01. The van der Waals surface area contributed by atoms with Gasteiger partial charge < -0.3 is 5.11 Å². The highest BCUT2D eigenvalue weighted by molar-refractivity contribution is 7.80. The minimum Gasteiger partial charge on any atom is -0.478 e. The molecule has 13 heavy (non-hydrogen) atoms. The molecule has 0 saturated heterocycles. The Morgan fingerprint density at radius 3 is 2.69 bits per heavy atom. The van der Waals surface area contributed by atoms with Gasteiger partial charge in [0.1, 0.15) is 6.07 Å². The number of nitrogens with zero attached hydrogens (tertiary/aromatic N) is 1. The first kappa shape index (κ1) is 9.90. The van der Waals surface area contributed by atoms with Gasteiger partial charge in [0.05, 0.1) is 16.1 Å². The average molecular weight is 214 g/mol. The summed E-state index contributed by atoms with van der Waals surface area (Å²) in [6.07, 6.45) is 0. The molecule has 0 aromatic heterocycles. The van der Waals surface area contributed by atoms with Crippen LogP contribution in [0.5, 0.6) is 0 Å². The number of carbonyl (C=O) groups is 1. The van der Waals surface area contributed by atoms with Crippen molar-refractivity contribution < 1.29 is 9.90 Å². The summed E-state index contributed by atoms with van der Waals surface area (Å²) >= 11 is 9.59. The molecule has 0 spiro atoms. The molecule has 1 aromatic rings. The van der Waals surface area contributed by atoms with Crippen LogP contribution in [0.2, 0.25) is 5.02 Å². The number of rotatable bonds is 1. The monoisotopic (exact) mass is 213 g/mol. The van der Waals surface area contributed by atoms with Crippen molar-refractivity contribution in [2.75, 3.05) is 0 Å². The SMILES string of the molecule is N#Cc1cc(S)cc(Cl)c1C(=O)O. The van der Waals surface area contributed by atoms with E-state index in [4.69, 9.17) is 22.0 Å². The molecule has 0 aliphatic heterocycles. The van der Waals surface area contributed by atoms with Gasteiger partial charge in [0.15, 0.2) is 0 Å². The second-order valence-electron chi connectivity index (χ2n) is 2.27. The van der Waals surface area contributed by atoms with Crippen molar-refractivity contribution in [2.45, 2.75) is 4.90 Å². The van der Waals surface area contributed by atoms with Gasteiger partial charge in [-0.05, 0) is 12.1 Å². The van der Waals surface area contributed by atoms with E-state index >= 15 is 0 Å². The third kappa shape index (κ3) is 1.94. The van der Waals surface area contributed by atoms with E-state index in [1.807, 2.05) is 0 Å². The number of hydrogen-bond donors (Lipinski definition) is 2. The van der Waals surface area contributed by atoms with Crippen LogP contribution in [0.4, 0.5) is 0 Å². The molecule has 1 rings (SSSR count). The Morgan fingerprint density at radius 2 is 2.23 bits per heavy atom. The van der Waals surface area contributed by atoms with Crippen LogP contribution in [0.15, 0.2) is 17.0 Å². The van der Waals surface area contributed by atoms with Crippen molar-refractivity contribution in [3.8, 4) is 6.07 Å². The molecule has 0 amide bonds. The molecule has 66 valence electrons. The van der Waals surface area contributed by atoms with Gasteiger partial charge in [0, 0.05) is 4.90 Å². The minimum absolute atomic E-state index is 0.0185. The van der Waals surface area contributed by atoms with Crippen LogP contribution >= 0.6 is 24.2 Å². The normalized spacial score (nSPS) is 9.31. The second kappa shape index (κ2) is 3.69. The number of hydrogen-bond acceptors (Lipinski definition) is 3. The summed E-state index contributed by atoms with van der Waals surface area (Å²) < 4.78 is 0. The van der Waals surface area contributed by atoms with Crippen molar-refractivity contribution in [3.05, 3.63) is 28.3 Å². The van der Waals surface area contributed by atoms with E-state index in [-0.39, 0.29) is 16.1 Å². The first-order chi connectivity index (χ1) is 6.06. The average Bonchev–Trinajstić information content (AvgIpc) is 2.01. The van der Waals surface area contributed by atoms with Crippen molar-refractivity contribution in [2.24, 2.45) is 0 Å². The zero-order valence-corrected chi connectivity index (χ0v) is 7.93. The lowest BCUT2D eigenvalue weighted by atomic mass is 10.1. The third-order valence-corrected chi connectivity index (χ3v) is 1.97. The highest BCUT2D eigenvalue weighted by Gasteiger charge is 2.14. The largest absolute Gasteiger partial charge is 0.478 e. The maximum atomic E-state index is 10.7. The Kier molecular flexibility index (Phi) is 2.81. The van der Waals surface area contributed by atoms with Gasteiger partial charge in [-0.1, -0.05) is 11.6 Å². The van der Waals surface area contributed by atoms with Gasteiger partial charge in [-0.15, -0.1) is 12.6 Å². The summed E-state index contributed by atoms with van der Waals surface area (Å²) in [5.41, 5.74) is -0.160. The van der Waals surface area contributed by atoms with Gasteiger partial charge in [0.2, 0.25) is 0 Å². The van der Waals surface area contributed by atoms with Crippen molar-refractivity contribution in [3.63, 3.8) is 0 Å². The van der Waals surface area contributed by atoms with Crippen molar-refractivity contribution >= 4 is 30.2 Å². The molecule has 0 aliphatic carbocycles. The zero-order valence-electron chi connectivity index (χ0n) is 6.28. The highest BCUT2D eigenvalue weighted by atomic mass is 35.5. The van der Waals surface area contributed by atoms with Gasteiger partial charge in [0.25, 0.3) is 0 Å². The van der Waals surface area contributed by atoms with Gasteiger partial charge in [-0.3, -0.25) is 0 Å². The summed E-state index contributed by atoms with van der Waals surface area (Å²) in [5, 5.41) is 17.3. The Labute approximate surface area is 85.0 Å². The molecule has 0 aliphatic rings. The van der Waals surface area contributed by atoms with E-state index < -0.39 is 5.97 Å². The molecule has 1 aromatic carbocycles. The van der Waals surface area contributed by atoms with Gasteiger partial charge in [-0.2, -0.15) is 5.26 Å². The summed E-state index contributed by atoms with van der Waals surface area (Å²) in [6, 6.07) is 4.49. The van der Waals surface area contributed by atoms with E-state index in [9.17, 15) is 4.79 Å². The van der Waals surface area contributed by atoms with E-state index in [0.717, 1.165) is 0 Å². The van der Waals surface area contributed by atoms with Crippen LogP contribution in [0.1, 0.15) is 15.9 Å². The molecule has 5 heteroatoms. The highest BCUT2D eigenvalue weighted by Crippen LogP contribution is 2.23. The number of nitriles is 1. The number of carboxylic acids is 1. The standard InChI is InChI=1S/C8H4ClNO2S/c9-6-2-5(13)1-4(3-10)7(6)8(11)12/h1-2,13H,(H,11,12). The smallest absolute Gasteiger partial charge is 0.338 e. The first-order valence-electron chi connectivity index (χ1n) is 3.22. The zero-order chi connectivity index (χ0) is 10.0. The van der Waals surface area contributed by atoms with E-state index in [2.05, 4.69) is 12.6 Å². The Bertz CT molecular complexity index is 411. The Balaban J connectivity index is 3.50. The molecular formula is C8H4ClNO2S. The number of benzene rings is 1. The molecule has 0 radical (unpaired) electrons. The molecule has 0 saturated carbocycles. The van der Waals surface area contributed by atoms with Crippen LogP contribution in [0.3, 0.4) is 0 Å². The lowest BCUT2D eigenvalue weighted by molar-refractivity contribution is 0.0696. The summed E-state index contributed by atoms with van der Waals surface area (Å²) in [7, 11) is 0. The maximum Gasteiger partial charge on any atom is 0.338 e. The topological polar surface area (TPSA) is 61.1 Å². The van der Waals surface area contributed by atoms with E-state index in [1.165, 1.54) is 12.1 Å². The Hall–Kier alpha value is -1.18. The minimum atomic E-state index is -1.21. The van der Waals surface area contributed by atoms with Gasteiger partial charge in [-0.25, -0.2) is 4.79 Å². The lowest BCUT2D eigenvalue weighted by Gasteiger charge is -2.01. The van der Waals surface area contributed by atoms with Crippen LogP contribution in [0.25, 0.3) is 0 Å². The van der Waals surface area contributed by atoms with Crippen LogP contribution in [-0.4, -0.2) is 11.1 Å². The molecule has 0 heterocycles. The van der Waals surface area contributed by atoms with E-state index in [0.29, 0.717) is 4.90 Å². The summed E-state index contributed by atoms with van der Waals surface area (Å²) in [4.78, 5) is 11.1. The third-order valence-electron chi connectivity index (χ3n) is 1.41. The molecule has 0 bridgehead atoms. The molecule has 0 fully saturated rings. The molecular weight excluding hydrogens is 210 g/mol. The predicted octanol–water partition coefficient (Wildman–Crippen LogP) is 2.20. The Morgan fingerprint density at radius 1 is 1.62 bits per heavy atom. The van der Waals surface area contributed by atoms with Crippen LogP contribution in [-0.2, 0) is 0 Å². The summed E-state index contributed by atoms with van der Waals surface area (Å²) in [5.74, 6) is -1.21. The van der Waals surface area contributed by atoms with Gasteiger partial charge >= 0.3 is 5.97 Å². The molecule has 1 N–H and O–H groups in total. The van der Waals surface area contributed by atoms with Crippen molar-refractivity contribution in [1.29, 1.82) is 5.26 Å². The number of halogens is 1. The first-order valence-corrected chi connectivity index (χ1v) is 4.04. The fraction of sp³-hybridized carbons (Fsp3) is 0. The second-order valence-corrected chi connectivity index (χ2v) is 3.19. The van der Waals surface area contributed by atoms with E-state index in [1.54, 1.807) is 6.07 Å². The summed E-state index contributed by atoms with van der Waals surface area (Å²) in [6.45, 7) is 0. The fourth-order valence-electron chi connectivity index (χ4n) is 0.898. The quantitative estimate of drug-likeness (QED) is 0.703. The predicted molar refractivity (Wildman–Crippen MR) is 50.4 cm³/mol. The molecule has 0 unspecified atom stereocenters. The number of aromatic carboxylic acids is 1. The number of carboxylic acid groups (broad SMARTS) is 1. The fourth-order valence-corrected chi connectivity index (χ4v) is 1.53.